The number of aryl methyl sites for hydroxylation is 1. The van der Waals surface area contributed by atoms with E-state index in [0.29, 0.717) is 18.8 Å². The lowest BCUT2D eigenvalue weighted by Crippen LogP contribution is -2.36. The molecule has 208 valence electrons. The summed E-state index contributed by atoms with van der Waals surface area (Å²) < 4.78 is 72.7. The maximum Gasteiger partial charge on any atom is 0.265 e. The van der Waals surface area contributed by atoms with Gasteiger partial charge in [0.05, 0.1) is 41.8 Å². The smallest absolute Gasteiger partial charge is 0.265 e. The molecule has 0 amide bonds. The number of thioether (sulfide) groups is 1. The summed E-state index contributed by atoms with van der Waals surface area (Å²) in [6.45, 7) is 0.797. The third-order valence-corrected chi connectivity index (χ3v) is 10.6. The molecule has 39 heavy (non-hydrogen) atoms. The minimum absolute atomic E-state index is 0.0462. The highest BCUT2D eigenvalue weighted by molar-refractivity contribution is 8.07. The molecule has 2 N–H and O–H groups in total. The monoisotopic (exact) mass is 609 g/mol. The minimum atomic E-state index is -4.09. The Morgan fingerprint density at radius 3 is 2.56 bits per heavy atom. The molecule has 1 fully saturated rings. The number of nitrogens with zero attached hydrogens (tertiary/aromatic N) is 2. The summed E-state index contributed by atoms with van der Waals surface area (Å²) in [4.78, 5) is 3.36. The van der Waals surface area contributed by atoms with Crippen LogP contribution in [0.2, 0.25) is 0 Å². The van der Waals surface area contributed by atoms with Crippen molar-refractivity contribution in [2.24, 2.45) is 0 Å². The van der Waals surface area contributed by atoms with Gasteiger partial charge in [0.15, 0.2) is 6.54 Å². The molecule has 0 spiro atoms. The van der Waals surface area contributed by atoms with Crippen molar-refractivity contribution in [3.8, 4) is 5.75 Å². The van der Waals surface area contributed by atoms with E-state index in [9.17, 15) is 25.9 Å². The lowest BCUT2D eigenvalue weighted by Gasteiger charge is -2.30. The van der Waals surface area contributed by atoms with Crippen LogP contribution in [0.1, 0.15) is 35.0 Å². The Morgan fingerprint density at radius 1 is 1.08 bits per heavy atom. The van der Waals surface area contributed by atoms with E-state index in [1.165, 1.54) is 16.0 Å². The third kappa shape index (κ3) is 6.50. The maximum atomic E-state index is 11.5. The standard InChI is InChI=1S/C26H28N2O7S4/c1-35-19-9-11-22-21(16-19)27(12-4-14-38(29,30)31)24(36-22)17-25-28(13-5-15-39(32,33)34)26-20-7-3-2-6-18(20)8-10-23(26)37-25/h2-3,6-7,9-11,16-17,26H,4-5,8,12-15H2,1H3,(H-,29,30,31,32,33,34)/p+1. The van der Waals surface area contributed by atoms with Gasteiger partial charge in [-0.3, -0.25) is 9.11 Å². The van der Waals surface area contributed by atoms with Gasteiger partial charge in [0.25, 0.3) is 25.2 Å². The molecular weight excluding hydrogens is 581 g/mol. The van der Waals surface area contributed by atoms with Crippen LogP contribution in [0.25, 0.3) is 16.3 Å². The normalized spacial score (nSPS) is 18.3. The fraction of sp³-hybridized carbons (Fsp3) is 0.346. The number of rotatable bonds is 10. The van der Waals surface area contributed by atoms with Crippen molar-refractivity contribution < 1.29 is 35.2 Å². The maximum absolute atomic E-state index is 11.5. The second-order valence-electron chi connectivity index (χ2n) is 9.39. The van der Waals surface area contributed by atoms with Crippen molar-refractivity contribution in [3.05, 3.63) is 74.6 Å². The van der Waals surface area contributed by atoms with Crippen LogP contribution in [0.3, 0.4) is 0 Å². The molecule has 1 aromatic heterocycles. The molecule has 1 aliphatic heterocycles. The second kappa shape index (κ2) is 11.2. The Morgan fingerprint density at radius 2 is 1.82 bits per heavy atom. The summed E-state index contributed by atoms with van der Waals surface area (Å²) in [5.74, 6) is 0.00475. The van der Waals surface area contributed by atoms with Gasteiger partial charge in [-0.2, -0.15) is 21.4 Å². The van der Waals surface area contributed by atoms with Gasteiger partial charge in [-0.15, -0.1) is 0 Å². The fourth-order valence-corrected chi connectivity index (χ4v) is 8.44. The molecule has 1 aliphatic carbocycles. The van der Waals surface area contributed by atoms with Crippen molar-refractivity contribution >= 4 is 59.6 Å². The number of hydrogen-bond acceptors (Lipinski definition) is 8. The Balaban J connectivity index is 1.56. The van der Waals surface area contributed by atoms with Gasteiger partial charge in [0, 0.05) is 17.9 Å². The van der Waals surface area contributed by atoms with Gasteiger partial charge in [0.1, 0.15) is 10.4 Å². The van der Waals surface area contributed by atoms with Crippen molar-refractivity contribution in [1.29, 1.82) is 0 Å². The molecule has 13 heteroatoms. The van der Waals surface area contributed by atoms with E-state index in [0.717, 1.165) is 26.7 Å². The van der Waals surface area contributed by atoms with Gasteiger partial charge >= 0.3 is 0 Å². The van der Waals surface area contributed by atoms with Crippen molar-refractivity contribution in [2.75, 3.05) is 25.2 Å². The number of allylic oxidation sites excluding steroid dienone is 1. The van der Waals surface area contributed by atoms with E-state index in [4.69, 9.17) is 4.74 Å². The number of methoxy groups -OCH3 is 1. The third-order valence-electron chi connectivity index (χ3n) is 6.73. The largest absolute Gasteiger partial charge is 0.497 e. The Hall–Kier alpha value is -2.42. The van der Waals surface area contributed by atoms with Crippen LogP contribution < -0.4 is 9.30 Å². The Bertz CT molecular complexity index is 1680. The van der Waals surface area contributed by atoms with Crippen molar-refractivity contribution in [3.63, 3.8) is 0 Å². The number of ether oxygens (including phenoxy) is 1. The van der Waals surface area contributed by atoms with Gasteiger partial charge in [-0.25, -0.2) is 0 Å². The van der Waals surface area contributed by atoms with Gasteiger partial charge < -0.3 is 9.64 Å². The van der Waals surface area contributed by atoms with Crippen LogP contribution >= 0.6 is 23.1 Å². The summed E-state index contributed by atoms with van der Waals surface area (Å²) in [7, 11) is -6.59. The number of fused-ring (bicyclic) bond motifs is 4. The first kappa shape index (κ1) is 28.1. The zero-order valence-corrected chi connectivity index (χ0v) is 24.5. The predicted molar refractivity (Wildman–Crippen MR) is 154 cm³/mol. The van der Waals surface area contributed by atoms with Crippen LogP contribution in [0.5, 0.6) is 5.75 Å². The number of aromatic nitrogens is 1. The molecule has 1 saturated heterocycles. The highest BCUT2D eigenvalue weighted by Gasteiger charge is 2.38. The highest BCUT2D eigenvalue weighted by atomic mass is 32.2. The van der Waals surface area contributed by atoms with E-state index in [1.807, 2.05) is 34.9 Å². The zero-order valence-electron chi connectivity index (χ0n) is 21.2. The SMILES string of the molecule is COc1ccc2sc(/C=C3\SC4=CCc5ccccc5C4N3CCCS(=O)(=O)O)[n+](CCCS(=O)(=O)O)c2c1. The molecule has 3 aromatic rings. The molecule has 0 bridgehead atoms. The number of hydrogen-bond donors (Lipinski definition) is 2. The summed E-state index contributed by atoms with van der Waals surface area (Å²) in [6.07, 6.45) is 5.59. The molecular formula is C26H29N2O7S4+. The van der Waals surface area contributed by atoms with Crippen LogP contribution in [0.15, 0.2) is 58.5 Å². The topological polar surface area (TPSA) is 125 Å². The van der Waals surface area contributed by atoms with E-state index in [-0.39, 0.29) is 30.4 Å². The Kier molecular flexibility index (Phi) is 8.09. The summed E-state index contributed by atoms with van der Waals surface area (Å²) in [5, 5.41) is 1.84. The van der Waals surface area contributed by atoms with Crippen LogP contribution in [0.4, 0.5) is 0 Å². The minimum Gasteiger partial charge on any atom is -0.497 e. The first-order valence-corrected chi connectivity index (χ1v) is 17.2. The first-order valence-electron chi connectivity index (χ1n) is 12.4. The van der Waals surface area contributed by atoms with E-state index >= 15 is 0 Å². The highest BCUT2D eigenvalue weighted by Crippen LogP contribution is 2.53. The summed E-state index contributed by atoms with van der Waals surface area (Å²) in [5.41, 5.74) is 3.30. The van der Waals surface area contributed by atoms with Gasteiger partial charge in [0.2, 0.25) is 5.52 Å². The fourth-order valence-electron chi connectivity index (χ4n) is 5.01. The second-order valence-corrected chi connectivity index (χ2v) is 14.7. The van der Waals surface area contributed by atoms with E-state index in [1.54, 1.807) is 30.2 Å². The van der Waals surface area contributed by atoms with Crippen LogP contribution in [-0.2, 0) is 33.2 Å². The molecule has 0 saturated carbocycles. The number of benzene rings is 2. The first-order chi connectivity index (χ1) is 18.5. The molecule has 1 unspecified atom stereocenters. The average molecular weight is 610 g/mol. The zero-order chi connectivity index (χ0) is 27.8. The molecule has 9 nitrogen and oxygen atoms in total. The van der Waals surface area contributed by atoms with Crippen molar-refractivity contribution in [2.45, 2.75) is 31.8 Å². The van der Waals surface area contributed by atoms with Crippen LogP contribution in [-0.4, -0.2) is 56.0 Å². The van der Waals surface area contributed by atoms with Gasteiger partial charge in [-0.05, 0) is 36.1 Å². The molecule has 2 aliphatic rings. The number of thiazole rings is 1. The lowest BCUT2D eigenvalue weighted by atomic mass is 9.92. The molecule has 1 atom stereocenters. The molecule has 2 aromatic carbocycles. The van der Waals surface area contributed by atoms with E-state index < -0.39 is 20.2 Å². The Labute approximate surface area is 236 Å². The van der Waals surface area contributed by atoms with Crippen LogP contribution in [0, 0.1) is 0 Å². The quantitative estimate of drug-likeness (QED) is 0.256. The lowest BCUT2D eigenvalue weighted by molar-refractivity contribution is -0.668. The predicted octanol–water partition coefficient (Wildman–Crippen LogP) is 4.28. The summed E-state index contributed by atoms with van der Waals surface area (Å²) >= 11 is 3.20. The van der Waals surface area contributed by atoms with E-state index in [2.05, 4.69) is 29.2 Å². The summed E-state index contributed by atoms with van der Waals surface area (Å²) in [6, 6.07) is 13.9. The molecule has 2 heterocycles. The van der Waals surface area contributed by atoms with Crippen molar-refractivity contribution in [1.82, 2.24) is 4.90 Å². The molecule has 5 rings (SSSR count). The molecule has 0 radical (unpaired) electrons. The van der Waals surface area contributed by atoms with Gasteiger partial charge in [-0.1, -0.05) is 53.4 Å². The average Bonchev–Trinajstić information content (AvgIpc) is 3.40.